The smallest absolute Gasteiger partial charge is 0.170 e. The number of fused-ring (bicyclic) bond motifs is 1. The summed E-state index contributed by atoms with van der Waals surface area (Å²) in [6, 6.07) is 5.41. The van der Waals surface area contributed by atoms with Crippen LogP contribution in [0.4, 0.5) is 0 Å². The first kappa shape index (κ1) is 10.6. The average Bonchev–Trinajstić information content (AvgIpc) is 2.77. The van der Waals surface area contributed by atoms with Crippen molar-refractivity contribution < 1.29 is 14.3 Å². The Morgan fingerprint density at radius 2 is 2.35 bits per heavy atom. The van der Waals surface area contributed by atoms with E-state index in [4.69, 9.17) is 9.47 Å². The molecule has 4 heteroatoms. The molecule has 2 aliphatic heterocycles. The van der Waals surface area contributed by atoms with Crippen LogP contribution in [0.15, 0.2) is 18.2 Å². The zero-order valence-corrected chi connectivity index (χ0v) is 9.79. The normalized spacial score (nSPS) is 26.8. The average molecular weight is 233 g/mol. The Hall–Kier alpha value is -1.55. The number of methoxy groups -OCH3 is 1. The molecule has 0 bridgehead atoms. The topological polar surface area (TPSA) is 47.6 Å². The first-order chi connectivity index (χ1) is 8.22. The zero-order valence-electron chi connectivity index (χ0n) is 9.79. The summed E-state index contributed by atoms with van der Waals surface area (Å²) in [6.07, 6.45) is 1.35. The summed E-state index contributed by atoms with van der Waals surface area (Å²) in [5, 5.41) is 3.25. The fourth-order valence-electron chi connectivity index (χ4n) is 2.56. The van der Waals surface area contributed by atoms with Crippen LogP contribution in [-0.4, -0.2) is 31.6 Å². The molecular formula is C13H15NO3. The molecule has 17 heavy (non-hydrogen) atoms. The first-order valence-corrected chi connectivity index (χ1v) is 5.83. The molecule has 2 heterocycles. The maximum absolute atomic E-state index is 12.2. The largest absolute Gasteiger partial charge is 0.497 e. The highest BCUT2D eigenvalue weighted by Crippen LogP contribution is 2.37. The van der Waals surface area contributed by atoms with Gasteiger partial charge < -0.3 is 14.8 Å². The Balaban J connectivity index is 1.99. The van der Waals surface area contributed by atoms with Crippen LogP contribution in [0.25, 0.3) is 0 Å². The van der Waals surface area contributed by atoms with Crippen molar-refractivity contribution in [2.75, 3.05) is 20.2 Å². The maximum Gasteiger partial charge on any atom is 0.170 e. The van der Waals surface area contributed by atoms with Gasteiger partial charge in [0.15, 0.2) is 5.78 Å². The number of ketones is 1. The van der Waals surface area contributed by atoms with Gasteiger partial charge in [0.2, 0.25) is 0 Å². The number of benzene rings is 1. The van der Waals surface area contributed by atoms with Gasteiger partial charge >= 0.3 is 0 Å². The van der Waals surface area contributed by atoms with E-state index in [1.165, 1.54) is 0 Å². The lowest BCUT2D eigenvalue weighted by Crippen LogP contribution is -2.43. The van der Waals surface area contributed by atoms with E-state index >= 15 is 0 Å². The molecule has 1 aromatic carbocycles. The van der Waals surface area contributed by atoms with E-state index in [-0.39, 0.29) is 11.4 Å². The van der Waals surface area contributed by atoms with Gasteiger partial charge in [-0.1, -0.05) is 0 Å². The van der Waals surface area contributed by atoms with Crippen LogP contribution in [0.5, 0.6) is 11.5 Å². The summed E-state index contributed by atoms with van der Waals surface area (Å²) in [5.41, 5.74) is 0.320. The molecule has 1 unspecified atom stereocenters. The Morgan fingerprint density at radius 3 is 3.06 bits per heavy atom. The number of hydrogen-bond donors (Lipinski definition) is 1. The van der Waals surface area contributed by atoms with E-state index in [0.29, 0.717) is 23.5 Å². The lowest BCUT2D eigenvalue weighted by Gasteiger charge is -2.34. The van der Waals surface area contributed by atoms with Crippen LogP contribution in [0.2, 0.25) is 0 Å². The van der Waals surface area contributed by atoms with E-state index in [9.17, 15) is 4.79 Å². The SMILES string of the molecule is COc1ccc2c(c1)C(=O)CC1(CCNC1)O2. The number of hydrogen-bond acceptors (Lipinski definition) is 4. The van der Waals surface area contributed by atoms with E-state index in [0.717, 1.165) is 19.5 Å². The van der Waals surface area contributed by atoms with Crippen molar-refractivity contribution in [3.05, 3.63) is 23.8 Å². The fourth-order valence-corrected chi connectivity index (χ4v) is 2.56. The van der Waals surface area contributed by atoms with Crippen LogP contribution < -0.4 is 14.8 Å². The van der Waals surface area contributed by atoms with E-state index in [2.05, 4.69) is 5.32 Å². The Kier molecular flexibility index (Phi) is 2.33. The van der Waals surface area contributed by atoms with Gasteiger partial charge in [-0.2, -0.15) is 0 Å². The summed E-state index contributed by atoms with van der Waals surface area (Å²) in [6.45, 7) is 1.67. The maximum atomic E-state index is 12.2. The highest BCUT2D eigenvalue weighted by molar-refractivity contribution is 6.00. The molecule has 1 spiro atoms. The van der Waals surface area contributed by atoms with E-state index in [1.54, 1.807) is 13.2 Å². The molecule has 1 N–H and O–H groups in total. The van der Waals surface area contributed by atoms with Crippen molar-refractivity contribution in [1.29, 1.82) is 0 Å². The lowest BCUT2D eigenvalue weighted by molar-refractivity contribution is 0.0527. The predicted molar refractivity (Wildman–Crippen MR) is 62.8 cm³/mol. The van der Waals surface area contributed by atoms with Gasteiger partial charge in [-0.15, -0.1) is 0 Å². The minimum atomic E-state index is -0.321. The highest BCUT2D eigenvalue weighted by atomic mass is 16.5. The molecule has 1 saturated heterocycles. The Labute approximate surface area is 99.9 Å². The van der Waals surface area contributed by atoms with Crippen LogP contribution in [-0.2, 0) is 0 Å². The van der Waals surface area contributed by atoms with Gasteiger partial charge in [0.25, 0.3) is 0 Å². The molecular weight excluding hydrogens is 218 g/mol. The Morgan fingerprint density at radius 1 is 1.47 bits per heavy atom. The monoisotopic (exact) mass is 233 g/mol. The van der Waals surface area contributed by atoms with Crippen LogP contribution in [0, 0.1) is 0 Å². The summed E-state index contributed by atoms with van der Waals surface area (Å²) >= 11 is 0. The molecule has 1 aromatic rings. The number of carbonyl (C=O) groups excluding carboxylic acids is 1. The van der Waals surface area contributed by atoms with Crippen LogP contribution >= 0.6 is 0 Å². The molecule has 0 saturated carbocycles. The first-order valence-electron chi connectivity index (χ1n) is 5.83. The summed E-state index contributed by atoms with van der Waals surface area (Å²) in [7, 11) is 1.60. The number of nitrogens with one attached hydrogen (secondary N) is 1. The van der Waals surface area contributed by atoms with Crippen molar-refractivity contribution in [3.63, 3.8) is 0 Å². The number of ether oxygens (including phenoxy) is 2. The zero-order chi connectivity index (χ0) is 11.9. The van der Waals surface area contributed by atoms with Crippen molar-refractivity contribution >= 4 is 5.78 Å². The van der Waals surface area contributed by atoms with Crippen LogP contribution in [0.1, 0.15) is 23.2 Å². The quantitative estimate of drug-likeness (QED) is 0.796. The Bertz CT molecular complexity index is 464. The van der Waals surface area contributed by atoms with Gasteiger partial charge in [-0.3, -0.25) is 4.79 Å². The summed E-state index contributed by atoms with van der Waals surface area (Å²) in [5.74, 6) is 1.53. The fraction of sp³-hybridized carbons (Fsp3) is 0.462. The third kappa shape index (κ3) is 1.69. The second-order valence-corrected chi connectivity index (χ2v) is 4.67. The molecule has 0 aromatic heterocycles. The summed E-state index contributed by atoms with van der Waals surface area (Å²) in [4.78, 5) is 12.2. The number of rotatable bonds is 1. The standard InChI is InChI=1S/C13H15NO3/c1-16-9-2-3-12-10(6-9)11(15)7-13(17-12)4-5-14-8-13/h2-3,6,14H,4-5,7-8H2,1H3. The molecule has 1 fully saturated rings. The molecule has 3 rings (SSSR count). The third-order valence-corrected chi connectivity index (χ3v) is 3.50. The predicted octanol–water partition coefficient (Wildman–Crippen LogP) is 1.39. The molecule has 0 radical (unpaired) electrons. The van der Waals surface area contributed by atoms with Crippen molar-refractivity contribution in [2.24, 2.45) is 0 Å². The van der Waals surface area contributed by atoms with Gasteiger partial charge in [0.05, 0.1) is 19.1 Å². The molecule has 1 atom stereocenters. The molecule has 2 aliphatic rings. The molecule has 4 nitrogen and oxygen atoms in total. The second kappa shape index (κ2) is 3.74. The van der Waals surface area contributed by atoms with Crippen molar-refractivity contribution in [3.8, 4) is 11.5 Å². The van der Waals surface area contributed by atoms with Crippen molar-refractivity contribution in [2.45, 2.75) is 18.4 Å². The molecule has 0 amide bonds. The van der Waals surface area contributed by atoms with Gasteiger partial charge in [0, 0.05) is 13.0 Å². The van der Waals surface area contributed by atoms with E-state index in [1.807, 2.05) is 12.1 Å². The number of Topliss-reactive ketones (excluding diaryl/α,β-unsaturated/α-hetero) is 1. The lowest BCUT2D eigenvalue weighted by atomic mass is 9.89. The second-order valence-electron chi connectivity index (χ2n) is 4.67. The third-order valence-electron chi connectivity index (χ3n) is 3.50. The summed E-state index contributed by atoms with van der Waals surface area (Å²) < 4.78 is 11.1. The number of carbonyl (C=O) groups is 1. The minimum absolute atomic E-state index is 0.147. The van der Waals surface area contributed by atoms with Crippen LogP contribution in [0.3, 0.4) is 0 Å². The van der Waals surface area contributed by atoms with Gasteiger partial charge in [0.1, 0.15) is 17.1 Å². The minimum Gasteiger partial charge on any atom is -0.497 e. The highest BCUT2D eigenvalue weighted by Gasteiger charge is 2.42. The van der Waals surface area contributed by atoms with Gasteiger partial charge in [-0.05, 0) is 24.7 Å². The van der Waals surface area contributed by atoms with Gasteiger partial charge in [-0.25, -0.2) is 0 Å². The van der Waals surface area contributed by atoms with E-state index < -0.39 is 0 Å². The molecule has 90 valence electrons. The van der Waals surface area contributed by atoms with Crippen molar-refractivity contribution in [1.82, 2.24) is 5.32 Å². The molecule has 0 aliphatic carbocycles.